The minimum Gasteiger partial charge on any atom is -0.477 e. The molecule has 2 N–H and O–H groups in total. The maximum absolute atomic E-state index is 12.6. The molecule has 0 bridgehead atoms. The molecule has 0 radical (unpaired) electrons. The molecule has 0 unspecified atom stereocenters. The van der Waals surface area contributed by atoms with Gasteiger partial charge in [-0.05, 0) is 30.2 Å². The van der Waals surface area contributed by atoms with Crippen molar-refractivity contribution in [3.8, 4) is 11.1 Å². The van der Waals surface area contributed by atoms with E-state index in [4.69, 9.17) is 16.3 Å². The van der Waals surface area contributed by atoms with Gasteiger partial charge in [0.2, 0.25) is 0 Å². The normalized spacial score (nSPS) is 13.0. The second-order valence-electron chi connectivity index (χ2n) is 6.70. The zero-order valence-electron chi connectivity index (χ0n) is 15.5. The van der Waals surface area contributed by atoms with Gasteiger partial charge in [0.25, 0.3) is 11.8 Å². The molecule has 7 nitrogen and oxygen atoms in total. The summed E-state index contributed by atoms with van der Waals surface area (Å²) in [5.74, 6) is -2.18. The van der Waals surface area contributed by atoms with Crippen LogP contribution >= 0.6 is 11.6 Å². The van der Waals surface area contributed by atoms with Crippen LogP contribution in [0.5, 0.6) is 0 Å². The Morgan fingerprint density at radius 3 is 2.55 bits per heavy atom. The Labute approximate surface area is 170 Å². The van der Waals surface area contributed by atoms with Crippen molar-refractivity contribution >= 4 is 40.3 Å². The van der Waals surface area contributed by atoms with Gasteiger partial charge in [0.15, 0.2) is 0 Å². The van der Waals surface area contributed by atoms with Crippen LogP contribution in [0.4, 0.5) is 0 Å². The second kappa shape index (κ2) is 7.35. The summed E-state index contributed by atoms with van der Waals surface area (Å²) in [4.78, 5) is 37.0. The number of amides is 2. The maximum atomic E-state index is 12.6. The predicted molar refractivity (Wildman–Crippen MR) is 108 cm³/mol. The van der Waals surface area contributed by atoms with Gasteiger partial charge in [-0.3, -0.25) is 14.9 Å². The minimum atomic E-state index is -1.11. The molecule has 0 atom stereocenters. The predicted octanol–water partition coefficient (Wildman–Crippen LogP) is 3.58. The summed E-state index contributed by atoms with van der Waals surface area (Å²) in [6.07, 6.45) is 0.587. The van der Waals surface area contributed by atoms with Crippen LogP contribution in [0.2, 0.25) is 5.02 Å². The lowest BCUT2D eigenvalue weighted by atomic mass is 9.94. The number of aromatic nitrogens is 1. The highest BCUT2D eigenvalue weighted by Crippen LogP contribution is 2.39. The van der Waals surface area contributed by atoms with Crippen LogP contribution in [-0.4, -0.2) is 41.2 Å². The molecule has 29 heavy (non-hydrogen) atoms. The highest BCUT2D eigenvalue weighted by atomic mass is 35.5. The lowest BCUT2D eigenvalue weighted by molar-refractivity contribution is 0.0683. The molecule has 8 heteroatoms. The first-order chi connectivity index (χ1) is 13.9. The van der Waals surface area contributed by atoms with Gasteiger partial charge in [0.05, 0.1) is 16.6 Å². The maximum Gasteiger partial charge on any atom is 0.352 e. The van der Waals surface area contributed by atoms with Crippen molar-refractivity contribution in [3.63, 3.8) is 0 Å². The summed E-state index contributed by atoms with van der Waals surface area (Å²) in [7, 11) is 1.57. The molecule has 1 aliphatic heterocycles. The second-order valence-corrected chi connectivity index (χ2v) is 7.11. The van der Waals surface area contributed by atoms with Crippen LogP contribution in [0.25, 0.3) is 22.0 Å². The highest BCUT2D eigenvalue weighted by molar-refractivity contribution is 6.35. The fourth-order valence-corrected chi connectivity index (χ4v) is 4.01. The highest BCUT2D eigenvalue weighted by Gasteiger charge is 2.34. The summed E-state index contributed by atoms with van der Waals surface area (Å²) in [5, 5.41) is 12.8. The van der Waals surface area contributed by atoms with E-state index in [9.17, 15) is 19.5 Å². The number of methoxy groups -OCH3 is 1. The number of rotatable bonds is 6. The van der Waals surface area contributed by atoms with Gasteiger partial charge in [0, 0.05) is 36.2 Å². The third kappa shape index (κ3) is 3.08. The van der Waals surface area contributed by atoms with Gasteiger partial charge in [0.1, 0.15) is 5.69 Å². The number of aromatic carboxylic acids is 1. The van der Waals surface area contributed by atoms with E-state index >= 15 is 0 Å². The standard InChI is InChI=1S/C21H17ClN2O5/c1-29-8-4-7-24-15-9-12(11-5-2-3-6-14(11)22)17-18(20(26)23-19(17)25)13(15)10-16(24)21(27)28/h2-3,5-6,9-10H,4,7-8H2,1H3,(H,27,28)(H,23,25,26). The number of fused-ring (bicyclic) bond motifs is 3. The number of ether oxygens (including phenoxy) is 1. The number of carbonyl (C=O) groups is 3. The van der Waals surface area contributed by atoms with E-state index in [0.29, 0.717) is 46.6 Å². The molecule has 0 spiro atoms. The Kier molecular flexibility index (Phi) is 4.86. The summed E-state index contributed by atoms with van der Waals surface area (Å²) >= 11 is 6.36. The first-order valence-electron chi connectivity index (χ1n) is 8.97. The van der Waals surface area contributed by atoms with Gasteiger partial charge < -0.3 is 14.4 Å². The van der Waals surface area contributed by atoms with E-state index in [1.165, 1.54) is 6.07 Å². The number of nitrogens with zero attached hydrogens (tertiary/aromatic N) is 1. The first-order valence-corrected chi connectivity index (χ1v) is 9.35. The number of halogens is 1. The molecule has 1 aliphatic rings. The van der Waals surface area contributed by atoms with Gasteiger partial charge in [-0.2, -0.15) is 0 Å². The topological polar surface area (TPSA) is 97.6 Å². The van der Waals surface area contributed by atoms with Crippen LogP contribution in [0.15, 0.2) is 36.4 Å². The number of imide groups is 1. The van der Waals surface area contributed by atoms with Crippen molar-refractivity contribution < 1.29 is 24.2 Å². The zero-order chi connectivity index (χ0) is 20.7. The molecule has 1 aromatic heterocycles. The van der Waals surface area contributed by atoms with E-state index in [2.05, 4.69) is 5.32 Å². The Bertz CT molecular complexity index is 1180. The van der Waals surface area contributed by atoms with Crippen molar-refractivity contribution in [3.05, 3.63) is 58.2 Å². The molecular weight excluding hydrogens is 396 g/mol. The van der Waals surface area contributed by atoms with Crippen molar-refractivity contribution in [2.75, 3.05) is 13.7 Å². The third-order valence-corrected chi connectivity index (χ3v) is 5.33. The van der Waals surface area contributed by atoms with E-state index in [-0.39, 0.29) is 16.8 Å². The van der Waals surface area contributed by atoms with Crippen molar-refractivity contribution in [1.82, 2.24) is 9.88 Å². The molecule has 0 fully saturated rings. The monoisotopic (exact) mass is 412 g/mol. The SMILES string of the molecule is COCCCn1c(C(=O)O)cc2c3c(c(-c4ccccc4Cl)cc21)C(=O)NC3=O. The lowest BCUT2D eigenvalue weighted by Crippen LogP contribution is -2.20. The number of nitrogens with one attached hydrogen (secondary N) is 1. The lowest BCUT2D eigenvalue weighted by Gasteiger charge is -2.12. The number of carboxylic acid groups (broad SMARTS) is 1. The molecule has 2 amide bonds. The van der Waals surface area contributed by atoms with Gasteiger partial charge in [-0.1, -0.05) is 29.8 Å². The van der Waals surface area contributed by atoms with Crippen molar-refractivity contribution in [1.29, 1.82) is 0 Å². The number of hydrogen-bond acceptors (Lipinski definition) is 4. The number of hydrogen-bond donors (Lipinski definition) is 2. The van der Waals surface area contributed by atoms with E-state index in [1.807, 2.05) is 0 Å². The smallest absolute Gasteiger partial charge is 0.352 e. The molecule has 0 saturated heterocycles. The Balaban J connectivity index is 2.07. The summed E-state index contributed by atoms with van der Waals surface area (Å²) in [5.41, 5.74) is 2.07. The average molecular weight is 413 g/mol. The fourth-order valence-electron chi connectivity index (χ4n) is 3.77. The van der Waals surface area contributed by atoms with E-state index in [0.717, 1.165) is 0 Å². The molecule has 148 valence electrons. The van der Waals surface area contributed by atoms with Gasteiger partial charge in [-0.15, -0.1) is 0 Å². The summed E-state index contributed by atoms with van der Waals surface area (Å²) in [6.45, 7) is 0.843. The van der Waals surface area contributed by atoms with E-state index < -0.39 is 17.8 Å². The molecule has 3 aromatic rings. The quantitative estimate of drug-likeness (QED) is 0.476. The number of benzene rings is 2. The zero-order valence-corrected chi connectivity index (χ0v) is 16.2. The molecule has 2 aromatic carbocycles. The average Bonchev–Trinajstić information content (AvgIpc) is 3.19. The Hall–Kier alpha value is -3.16. The molecule has 4 rings (SSSR count). The molecule has 0 aliphatic carbocycles. The first kappa shape index (κ1) is 19.2. The number of carbonyl (C=O) groups excluding carboxylic acids is 2. The third-order valence-electron chi connectivity index (χ3n) is 5.00. The van der Waals surface area contributed by atoms with Gasteiger partial charge >= 0.3 is 5.97 Å². The van der Waals surface area contributed by atoms with Gasteiger partial charge in [-0.25, -0.2) is 4.79 Å². The van der Waals surface area contributed by atoms with Crippen LogP contribution in [0, 0.1) is 0 Å². The minimum absolute atomic E-state index is 0.0433. The Morgan fingerprint density at radius 1 is 1.14 bits per heavy atom. The molecular formula is C21H17ClN2O5. The van der Waals surface area contributed by atoms with E-state index in [1.54, 1.807) is 42.0 Å². The number of carboxylic acids is 1. The molecule has 2 heterocycles. The largest absolute Gasteiger partial charge is 0.477 e. The Morgan fingerprint density at radius 2 is 1.86 bits per heavy atom. The fraction of sp³-hybridized carbons (Fsp3) is 0.190. The molecule has 0 saturated carbocycles. The summed E-state index contributed by atoms with van der Waals surface area (Å²) < 4.78 is 6.71. The van der Waals surface area contributed by atoms with Crippen molar-refractivity contribution in [2.45, 2.75) is 13.0 Å². The van der Waals surface area contributed by atoms with Crippen LogP contribution in [0.3, 0.4) is 0 Å². The summed E-state index contributed by atoms with van der Waals surface area (Å²) in [6, 6.07) is 10.2. The van der Waals surface area contributed by atoms with Crippen molar-refractivity contribution in [2.24, 2.45) is 0 Å². The number of aryl methyl sites for hydroxylation is 1. The van der Waals surface area contributed by atoms with Crippen LogP contribution in [-0.2, 0) is 11.3 Å². The van der Waals surface area contributed by atoms with Crippen LogP contribution in [0.1, 0.15) is 37.6 Å². The van der Waals surface area contributed by atoms with Crippen LogP contribution < -0.4 is 5.32 Å².